The van der Waals surface area contributed by atoms with Crippen molar-refractivity contribution in [2.75, 3.05) is 19.1 Å². The molecule has 1 rings (SSSR count). The van der Waals surface area contributed by atoms with Crippen LogP contribution in [0.2, 0.25) is 0 Å². The normalized spacial score (nSPS) is 11.8. The van der Waals surface area contributed by atoms with E-state index in [9.17, 15) is 14.7 Å². The number of amides is 2. The summed E-state index contributed by atoms with van der Waals surface area (Å²) in [4.78, 5) is 23.0. The summed E-state index contributed by atoms with van der Waals surface area (Å²) in [5, 5.41) is 14.8. The maximum Gasteiger partial charge on any atom is 0.251 e. The van der Waals surface area contributed by atoms with Gasteiger partial charge in [0.05, 0.1) is 0 Å². The summed E-state index contributed by atoms with van der Waals surface area (Å²) in [6, 6.07) is 6.95. The Morgan fingerprint density at radius 3 is 2.50 bits per heavy atom. The Morgan fingerprint density at radius 1 is 1.30 bits per heavy atom. The number of thioether (sulfide) groups is 1. The molecule has 0 saturated carbocycles. The van der Waals surface area contributed by atoms with Gasteiger partial charge in [0.1, 0.15) is 6.10 Å². The van der Waals surface area contributed by atoms with E-state index in [1.54, 1.807) is 43.1 Å². The number of rotatable bonds is 7. The van der Waals surface area contributed by atoms with E-state index in [0.29, 0.717) is 18.5 Å². The van der Waals surface area contributed by atoms with Crippen LogP contribution in [0.3, 0.4) is 0 Å². The molecule has 1 aromatic rings. The van der Waals surface area contributed by atoms with Gasteiger partial charge >= 0.3 is 0 Å². The molecule has 20 heavy (non-hydrogen) atoms. The summed E-state index contributed by atoms with van der Waals surface area (Å²) in [7, 11) is 1.58. The molecule has 6 heteroatoms. The van der Waals surface area contributed by atoms with Gasteiger partial charge in [-0.3, -0.25) is 9.59 Å². The van der Waals surface area contributed by atoms with E-state index in [1.807, 2.05) is 6.26 Å². The number of hydrogen-bond acceptors (Lipinski definition) is 4. The molecule has 0 aliphatic carbocycles. The number of carbonyl (C=O) groups excluding carboxylic acids is 2. The van der Waals surface area contributed by atoms with Crippen LogP contribution in [0.25, 0.3) is 0 Å². The van der Waals surface area contributed by atoms with Crippen LogP contribution in [0.15, 0.2) is 24.3 Å². The Morgan fingerprint density at radius 2 is 1.95 bits per heavy atom. The fourth-order valence-electron chi connectivity index (χ4n) is 1.59. The SMILES string of the molecule is CNC(=O)c1ccc(CNC(=O)[C@H](O)CCSC)cc1. The molecule has 0 aliphatic heterocycles. The van der Waals surface area contributed by atoms with Crippen LogP contribution in [0, 0.1) is 0 Å². The molecule has 5 nitrogen and oxygen atoms in total. The lowest BCUT2D eigenvalue weighted by atomic mass is 10.1. The summed E-state index contributed by atoms with van der Waals surface area (Å²) in [6.07, 6.45) is 1.41. The fraction of sp³-hybridized carbons (Fsp3) is 0.429. The highest BCUT2D eigenvalue weighted by Crippen LogP contribution is 2.05. The molecule has 0 spiro atoms. The molecule has 0 aromatic heterocycles. The molecule has 1 atom stereocenters. The van der Waals surface area contributed by atoms with Crippen LogP contribution < -0.4 is 10.6 Å². The molecule has 0 heterocycles. The molecule has 0 bridgehead atoms. The number of benzene rings is 1. The summed E-state index contributed by atoms with van der Waals surface area (Å²) in [5.41, 5.74) is 1.45. The second-order valence-corrected chi connectivity index (χ2v) is 5.28. The Kier molecular flexibility index (Phi) is 7.11. The van der Waals surface area contributed by atoms with Gasteiger partial charge in [0.15, 0.2) is 0 Å². The van der Waals surface area contributed by atoms with Gasteiger partial charge in [0.25, 0.3) is 5.91 Å². The number of aliphatic hydroxyl groups excluding tert-OH is 1. The van der Waals surface area contributed by atoms with Crippen LogP contribution >= 0.6 is 11.8 Å². The topological polar surface area (TPSA) is 78.4 Å². The largest absolute Gasteiger partial charge is 0.383 e. The molecule has 2 amide bonds. The standard InChI is InChI=1S/C14H20N2O3S/c1-15-13(18)11-5-3-10(4-6-11)9-16-14(19)12(17)7-8-20-2/h3-6,12,17H,7-9H2,1-2H3,(H,15,18)(H,16,19)/t12-/m1/s1. The van der Waals surface area contributed by atoms with Crippen molar-refractivity contribution in [2.24, 2.45) is 0 Å². The maximum atomic E-state index is 11.6. The maximum absolute atomic E-state index is 11.6. The molecule has 3 N–H and O–H groups in total. The van der Waals surface area contributed by atoms with Crippen LogP contribution in [0.5, 0.6) is 0 Å². The predicted octanol–water partition coefficient (Wildman–Crippen LogP) is 0.776. The zero-order valence-electron chi connectivity index (χ0n) is 11.7. The summed E-state index contributed by atoms with van der Waals surface area (Å²) in [5.74, 6) is 0.234. The van der Waals surface area contributed by atoms with Crippen LogP contribution in [-0.4, -0.2) is 42.1 Å². The second kappa shape index (κ2) is 8.60. The third-order valence-corrected chi connectivity index (χ3v) is 3.45. The lowest BCUT2D eigenvalue weighted by molar-refractivity contribution is -0.129. The average Bonchev–Trinajstić information content (AvgIpc) is 2.49. The monoisotopic (exact) mass is 296 g/mol. The van der Waals surface area contributed by atoms with Crippen molar-refractivity contribution in [1.29, 1.82) is 0 Å². The van der Waals surface area contributed by atoms with Crippen molar-refractivity contribution in [3.05, 3.63) is 35.4 Å². The van der Waals surface area contributed by atoms with Gasteiger partial charge in [-0.25, -0.2) is 0 Å². The first kappa shape index (κ1) is 16.5. The van der Waals surface area contributed by atoms with Crippen molar-refractivity contribution >= 4 is 23.6 Å². The Hall–Kier alpha value is -1.53. The Labute approximate surface area is 123 Å². The zero-order chi connectivity index (χ0) is 15.0. The van der Waals surface area contributed by atoms with E-state index in [2.05, 4.69) is 10.6 Å². The molecule has 0 unspecified atom stereocenters. The smallest absolute Gasteiger partial charge is 0.251 e. The van der Waals surface area contributed by atoms with Gasteiger partial charge in [-0.15, -0.1) is 0 Å². The van der Waals surface area contributed by atoms with Gasteiger partial charge in [0.2, 0.25) is 5.91 Å². The van der Waals surface area contributed by atoms with Crippen LogP contribution in [-0.2, 0) is 11.3 Å². The van der Waals surface area contributed by atoms with Gasteiger partial charge in [0, 0.05) is 19.2 Å². The van der Waals surface area contributed by atoms with E-state index < -0.39 is 6.10 Å². The average molecular weight is 296 g/mol. The van der Waals surface area contributed by atoms with E-state index in [4.69, 9.17) is 0 Å². The highest BCUT2D eigenvalue weighted by atomic mass is 32.2. The fourth-order valence-corrected chi connectivity index (χ4v) is 2.04. The third-order valence-electron chi connectivity index (χ3n) is 2.81. The number of hydrogen-bond donors (Lipinski definition) is 3. The highest BCUT2D eigenvalue weighted by Gasteiger charge is 2.13. The van der Waals surface area contributed by atoms with Gasteiger partial charge in [-0.2, -0.15) is 11.8 Å². The molecule has 0 aliphatic rings. The molecule has 0 fully saturated rings. The lowest BCUT2D eigenvalue weighted by Crippen LogP contribution is -2.34. The highest BCUT2D eigenvalue weighted by molar-refractivity contribution is 7.98. The minimum Gasteiger partial charge on any atom is -0.383 e. The van der Waals surface area contributed by atoms with E-state index in [1.165, 1.54) is 0 Å². The van der Waals surface area contributed by atoms with E-state index >= 15 is 0 Å². The second-order valence-electron chi connectivity index (χ2n) is 4.29. The minimum absolute atomic E-state index is 0.145. The van der Waals surface area contributed by atoms with Crippen molar-refractivity contribution in [1.82, 2.24) is 10.6 Å². The molecule has 0 radical (unpaired) electrons. The summed E-state index contributed by atoms with van der Waals surface area (Å²) < 4.78 is 0. The Balaban J connectivity index is 2.45. The molecular weight excluding hydrogens is 276 g/mol. The summed E-state index contributed by atoms with van der Waals surface area (Å²) >= 11 is 1.59. The van der Waals surface area contributed by atoms with E-state index in [-0.39, 0.29) is 11.8 Å². The van der Waals surface area contributed by atoms with Gasteiger partial charge < -0.3 is 15.7 Å². The zero-order valence-corrected chi connectivity index (χ0v) is 12.5. The van der Waals surface area contributed by atoms with Crippen molar-refractivity contribution in [3.63, 3.8) is 0 Å². The molecular formula is C14H20N2O3S. The molecule has 0 saturated heterocycles. The van der Waals surface area contributed by atoms with Gasteiger partial charge in [-0.05, 0) is 36.1 Å². The minimum atomic E-state index is -0.965. The number of carbonyl (C=O) groups is 2. The number of nitrogens with one attached hydrogen (secondary N) is 2. The van der Waals surface area contributed by atoms with Crippen molar-refractivity contribution in [3.8, 4) is 0 Å². The van der Waals surface area contributed by atoms with Crippen LogP contribution in [0.4, 0.5) is 0 Å². The molecule has 1 aromatic carbocycles. The van der Waals surface area contributed by atoms with E-state index in [0.717, 1.165) is 11.3 Å². The number of aliphatic hydroxyl groups is 1. The summed E-state index contributed by atoms with van der Waals surface area (Å²) in [6.45, 7) is 0.336. The lowest BCUT2D eigenvalue weighted by Gasteiger charge is -2.11. The Bertz CT molecular complexity index is 448. The first-order valence-electron chi connectivity index (χ1n) is 6.34. The van der Waals surface area contributed by atoms with Gasteiger partial charge in [-0.1, -0.05) is 12.1 Å². The molecule has 110 valence electrons. The quantitative estimate of drug-likeness (QED) is 0.695. The predicted molar refractivity (Wildman–Crippen MR) is 80.7 cm³/mol. The first-order chi connectivity index (χ1) is 9.58. The first-order valence-corrected chi connectivity index (χ1v) is 7.73. The van der Waals surface area contributed by atoms with Crippen LogP contribution in [0.1, 0.15) is 22.3 Å². The third kappa shape index (κ3) is 5.22. The van der Waals surface area contributed by atoms with Crippen molar-refractivity contribution in [2.45, 2.75) is 19.1 Å². The van der Waals surface area contributed by atoms with Crippen molar-refractivity contribution < 1.29 is 14.7 Å².